The Hall–Kier alpha value is -1.60. The summed E-state index contributed by atoms with van der Waals surface area (Å²) in [7, 11) is 0. The molecular formula is C15H18O. The Balaban J connectivity index is 2.69. The molecule has 0 bridgehead atoms. The molecule has 0 spiro atoms. The monoisotopic (exact) mass is 214 g/mol. The lowest BCUT2D eigenvalue weighted by Crippen LogP contribution is -2.09. The third-order valence-electron chi connectivity index (χ3n) is 2.53. The normalized spacial score (nSPS) is 14.6. The van der Waals surface area contributed by atoms with Gasteiger partial charge in [0, 0.05) is 5.92 Å². The molecule has 0 aliphatic heterocycles. The van der Waals surface area contributed by atoms with Crippen LogP contribution in [0.1, 0.15) is 18.1 Å². The van der Waals surface area contributed by atoms with Crippen LogP contribution in [-0.2, 0) is 0 Å². The minimum absolute atomic E-state index is 0.0404. The van der Waals surface area contributed by atoms with Gasteiger partial charge in [0.05, 0.1) is 6.10 Å². The van der Waals surface area contributed by atoms with E-state index in [1.165, 1.54) is 0 Å². The van der Waals surface area contributed by atoms with Gasteiger partial charge < -0.3 is 5.11 Å². The maximum absolute atomic E-state index is 10.1. The smallest absolute Gasteiger partial charge is 0.0855 e. The van der Waals surface area contributed by atoms with E-state index in [-0.39, 0.29) is 5.92 Å². The van der Waals surface area contributed by atoms with Crippen molar-refractivity contribution in [2.75, 3.05) is 0 Å². The standard InChI is InChI=1S/C15H18O/c1-3-5-7-10-13(4-2)15(16)14-11-8-6-9-12-14/h3-9,11-13,15-16H,1-2,10H2. The molecule has 84 valence electrons. The third kappa shape index (κ3) is 3.52. The zero-order valence-corrected chi connectivity index (χ0v) is 9.42. The molecule has 16 heavy (non-hydrogen) atoms. The fourth-order valence-corrected chi connectivity index (χ4v) is 1.58. The molecule has 0 aliphatic carbocycles. The lowest BCUT2D eigenvalue weighted by atomic mass is 9.93. The first kappa shape index (κ1) is 12.5. The highest BCUT2D eigenvalue weighted by molar-refractivity contribution is 5.19. The van der Waals surface area contributed by atoms with Crippen molar-refractivity contribution in [1.82, 2.24) is 0 Å². The Morgan fingerprint density at radius 1 is 1.19 bits per heavy atom. The molecule has 1 N–H and O–H groups in total. The summed E-state index contributed by atoms with van der Waals surface area (Å²) in [6, 6.07) is 9.66. The van der Waals surface area contributed by atoms with E-state index in [1.807, 2.05) is 42.5 Å². The van der Waals surface area contributed by atoms with Gasteiger partial charge in [-0.05, 0) is 12.0 Å². The summed E-state index contributed by atoms with van der Waals surface area (Å²) in [5.74, 6) is 0.0404. The second kappa shape index (κ2) is 6.81. The first-order chi connectivity index (χ1) is 7.79. The average Bonchev–Trinajstić information content (AvgIpc) is 2.35. The first-order valence-electron chi connectivity index (χ1n) is 5.42. The van der Waals surface area contributed by atoms with Crippen LogP contribution in [0.3, 0.4) is 0 Å². The van der Waals surface area contributed by atoms with Gasteiger partial charge in [0.15, 0.2) is 0 Å². The van der Waals surface area contributed by atoms with Crippen LogP contribution in [0.2, 0.25) is 0 Å². The van der Waals surface area contributed by atoms with E-state index >= 15 is 0 Å². The minimum atomic E-state index is -0.492. The summed E-state index contributed by atoms with van der Waals surface area (Å²) in [6.45, 7) is 7.38. The fraction of sp³-hybridized carbons (Fsp3) is 0.200. The molecule has 0 fully saturated rings. The van der Waals surface area contributed by atoms with Crippen LogP contribution in [-0.4, -0.2) is 5.11 Å². The van der Waals surface area contributed by atoms with Gasteiger partial charge in [-0.15, -0.1) is 6.58 Å². The predicted molar refractivity (Wildman–Crippen MR) is 69.0 cm³/mol. The van der Waals surface area contributed by atoms with Gasteiger partial charge in [-0.2, -0.15) is 0 Å². The molecule has 1 aromatic carbocycles. The number of hydrogen-bond donors (Lipinski definition) is 1. The Labute approximate surface area is 97.4 Å². The largest absolute Gasteiger partial charge is 0.388 e. The van der Waals surface area contributed by atoms with Crippen molar-refractivity contribution >= 4 is 0 Å². The molecule has 1 heteroatoms. The van der Waals surface area contributed by atoms with E-state index in [0.717, 1.165) is 12.0 Å². The summed E-state index contributed by atoms with van der Waals surface area (Å²) in [5.41, 5.74) is 0.930. The Morgan fingerprint density at radius 3 is 2.44 bits per heavy atom. The second-order valence-electron chi connectivity index (χ2n) is 3.65. The number of allylic oxidation sites excluding steroid dienone is 3. The van der Waals surface area contributed by atoms with E-state index in [1.54, 1.807) is 12.2 Å². The van der Waals surface area contributed by atoms with Gasteiger partial charge in [0.1, 0.15) is 0 Å². The lowest BCUT2D eigenvalue weighted by molar-refractivity contribution is 0.133. The first-order valence-corrected chi connectivity index (χ1v) is 5.42. The molecule has 0 saturated carbocycles. The SMILES string of the molecule is C=CC=CCC(C=C)C(O)c1ccccc1. The van der Waals surface area contributed by atoms with Crippen molar-refractivity contribution in [3.8, 4) is 0 Å². The maximum Gasteiger partial charge on any atom is 0.0855 e. The number of benzene rings is 1. The van der Waals surface area contributed by atoms with Crippen LogP contribution in [0, 0.1) is 5.92 Å². The van der Waals surface area contributed by atoms with E-state index in [2.05, 4.69) is 13.2 Å². The minimum Gasteiger partial charge on any atom is -0.388 e. The molecular weight excluding hydrogens is 196 g/mol. The van der Waals surface area contributed by atoms with E-state index in [0.29, 0.717) is 0 Å². The predicted octanol–water partition coefficient (Wildman–Crippen LogP) is 3.65. The Kier molecular flexibility index (Phi) is 5.30. The van der Waals surface area contributed by atoms with E-state index in [9.17, 15) is 5.11 Å². The number of rotatable bonds is 6. The molecule has 0 heterocycles. The molecule has 0 saturated heterocycles. The second-order valence-corrected chi connectivity index (χ2v) is 3.65. The van der Waals surface area contributed by atoms with E-state index in [4.69, 9.17) is 0 Å². The zero-order chi connectivity index (χ0) is 11.8. The summed E-state index contributed by atoms with van der Waals surface area (Å²) in [6.07, 6.45) is 7.68. The molecule has 0 radical (unpaired) electrons. The van der Waals surface area contributed by atoms with Gasteiger partial charge in [-0.3, -0.25) is 0 Å². The van der Waals surface area contributed by atoms with Crippen LogP contribution in [0.4, 0.5) is 0 Å². The van der Waals surface area contributed by atoms with Crippen molar-refractivity contribution in [2.45, 2.75) is 12.5 Å². The maximum atomic E-state index is 10.1. The molecule has 0 aliphatic rings. The third-order valence-corrected chi connectivity index (χ3v) is 2.53. The van der Waals surface area contributed by atoms with Gasteiger partial charge in [-0.25, -0.2) is 0 Å². The molecule has 1 aromatic rings. The number of aliphatic hydroxyl groups is 1. The van der Waals surface area contributed by atoms with Gasteiger partial charge in [-0.1, -0.05) is 61.2 Å². The van der Waals surface area contributed by atoms with Gasteiger partial charge in [0.25, 0.3) is 0 Å². The summed E-state index contributed by atoms with van der Waals surface area (Å²) in [5, 5.41) is 10.1. The van der Waals surface area contributed by atoms with Crippen molar-refractivity contribution in [1.29, 1.82) is 0 Å². The molecule has 2 unspecified atom stereocenters. The molecule has 0 aromatic heterocycles. The van der Waals surface area contributed by atoms with Crippen molar-refractivity contribution < 1.29 is 5.11 Å². The number of hydrogen-bond acceptors (Lipinski definition) is 1. The Morgan fingerprint density at radius 2 is 1.88 bits per heavy atom. The van der Waals surface area contributed by atoms with Crippen LogP contribution >= 0.6 is 0 Å². The number of aliphatic hydroxyl groups excluding tert-OH is 1. The Bertz CT molecular complexity index is 351. The average molecular weight is 214 g/mol. The molecule has 1 rings (SSSR count). The molecule has 0 amide bonds. The lowest BCUT2D eigenvalue weighted by Gasteiger charge is -2.18. The fourth-order valence-electron chi connectivity index (χ4n) is 1.58. The molecule has 2 atom stereocenters. The summed E-state index contributed by atoms with van der Waals surface area (Å²) >= 11 is 0. The summed E-state index contributed by atoms with van der Waals surface area (Å²) in [4.78, 5) is 0. The summed E-state index contributed by atoms with van der Waals surface area (Å²) < 4.78 is 0. The van der Waals surface area contributed by atoms with Gasteiger partial charge in [0.2, 0.25) is 0 Å². The topological polar surface area (TPSA) is 20.2 Å². The highest BCUT2D eigenvalue weighted by Gasteiger charge is 2.15. The van der Waals surface area contributed by atoms with Crippen molar-refractivity contribution in [2.24, 2.45) is 5.92 Å². The zero-order valence-electron chi connectivity index (χ0n) is 9.42. The van der Waals surface area contributed by atoms with Crippen LogP contribution in [0.25, 0.3) is 0 Å². The van der Waals surface area contributed by atoms with Crippen LogP contribution in [0.15, 0.2) is 67.8 Å². The highest BCUT2D eigenvalue weighted by Crippen LogP contribution is 2.25. The highest BCUT2D eigenvalue weighted by atomic mass is 16.3. The van der Waals surface area contributed by atoms with Gasteiger partial charge >= 0.3 is 0 Å². The van der Waals surface area contributed by atoms with E-state index < -0.39 is 6.10 Å². The van der Waals surface area contributed by atoms with Crippen LogP contribution < -0.4 is 0 Å². The quantitative estimate of drug-likeness (QED) is 0.566. The van der Waals surface area contributed by atoms with Crippen LogP contribution in [0.5, 0.6) is 0 Å². The molecule has 1 nitrogen and oxygen atoms in total. The van der Waals surface area contributed by atoms with Crippen molar-refractivity contribution in [3.05, 3.63) is 73.4 Å². The van der Waals surface area contributed by atoms with Crippen molar-refractivity contribution in [3.63, 3.8) is 0 Å².